The first-order valence-corrected chi connectivity index (χ1v) is 12.8. The predicted octanol–water partition coefficient (Wildman–Crippen LogP) is 2.74. The van der Waals surface area contributed by atoms with Gasteiger partial charge in [0.15, 0.2) is 0 Å². The third-order valence-corrected chi connectivity index (χ3v) is 9.78. The Morgan fingerprint density at radius 3 is 2.41 bits per heavy atom. The third kappa shape index (κ3) is 3.61. The lowest BCUT2D eigenvalue weighted by atomic mass is 9.47. The summed E-state index contributed by atoms with van der Waals surface area (Å²) in [6.45, 7) is 4.51. The number of para-hydroxylation sites is 1. The fourth-order valence-electron chi connectivity index (χ4n) is 6.74. The van der Waals surface area contributed by atoms with Crippen molar-refractivity contribution in [3.8, 4) is 0 Å². The maximum atomic E-state index is 13.1. The Kier molecular flexibility index (Phi) is 5.28. The standard InChI is InChI=1S/C23H32N4O4S/c1-15-12-26(32(30,31)27(13-15)19-5-3-2-4-6-19)14-20(28)25-21-17-7-16-8-18(21)11-23(9-16,10-17)22(24)29/h2-6,16-18,21,30-31H,1,7-14H2,(H2,24,29)(H,25,28). The Hall–Kier alpha value is -2.07. The molecule has 0 radical (unpaired) electrons. The summed E-state index contributed by atoms with van der Waals surface area (Å²) in [5.74, 6) is 0.622. The van der Waals surface area contributed by atoms with Crippen LogP contribution in [0.15, 0.2) is 42.5 Å². The van der Waals surface area contributed by atoms with Gasteiger partial charge in [-0.15, -0.1) is 0 Å². The first kappa shape index (κ1) is 21.8. The van der Waals surface area contributed by atoms with Gasteiger partial charge in [0.1, 0.15) is 0 Å². The molecule has 5 fully saturated rings. The second-order valence-corrected chi connectivity index (χ2v) is 12.1. The third-order valence-electron chi connectivity index (χ3n) is 7.90. The van der Waals surface area contributed by atoms with Crippen molar-refractivity contribution < 1.29 is 18.7 Å². The van der Waals surface area contributed by atoms with Gasteiger partial charge in [0.05, 0.1) is 18.8 Å². The summed E-state index contributed by atoms with van der Waals surface area (Å²) in [5, 5.41) is 3.18. The zero-order chi connectivity index (χ0) is 22.7. The number of hydrogen-bond acceptors (Lipinski definition) is 6. The number of anilines is 1. The van der Waals surface area contributed by atoms with Gasteiger partial charge in [0.2, 0.25) is 11.8 Å². The molecule has 32 heavy (non-hydrogen) atoms. The highest BCUT2D eigenvalue weighted by atomic mass is 32.3. The van der Waals surface area contributed by atoms with Crippen LogP contribution in [0.5, 0.6) is 0 Å². The van der Waals surface area contributed by atoms with Gasteiger partial charge in [-0.3, -0.25) is 23.0 Å². The Morgan fingerprint density at radius 1 is 1.12 bits per heavy atom. The average molecular weight is 461 g/mol. The molecule has 0 aromatic heterocycles. The van der Waals surface area contributed by atoms with Crippen LogP contribution in [0.1, 0.15) is 32.1 Å². The fraction of sp³-hybridized carbons (Fsp3) is 0.565. The Labute approximate surface area is 190 Å². The zero-order valence-electron chi connectivity index (χ0n) is 18.2. The molecule has 2 amide bonds. The summed E-state index contributed by atoms with van der Waals surface area (Å²) in [6, 6.07) is 9.19. The summed E-state index contributed by atoms with van der Waals surface area (Å²) in [7, 11) is -3.34. The number of nitrogens with one attached hydrogen (secondary N) is 1. The van der Waals surface area contributed by atoms with Gasteiger partial charge in [-0.25, -0.2) is 0 Å². The summed E-state index contributed by atoms with van der Waals surface area (Å²) in [4.78, 5) is 25.2. The van der Waals surface area contributed by atoms with E-state index in [1.165, 1.54) is 8.61 Å². The van der Waals surface area contributed by atoms with Crippen molar-refractivity contribution in [3.05, 3.63) is 42.5 Å². The number of primary amides is 1. The van der Waals surface area contributed by atoms with E-state index in [0.29, 0.717) is 18.2 Å². The summed E-state index contributed by atoms with van der Waals surface area (Å²) in [6.07, 6.45) is 4.43. The molecular formula is C23H32N4O4S. The number of nitrogens with zero attached hydrogens (tertiary/aromatic N) is 2. The van der Waals surface area contributed by atoms with E-state index >= 15 is 0 Å². The molecule has 5 aliphatic rings. The van der Waals surface area contributed by atoms with Gasteiger partial charge in [0.25, 0.3) is 0 Å². The summed E-state index contributed by atoms with van der Waals surface area (Å²) < 4.78 is 25.0. The minimum Gasteiger partial charge on any atom is -0.369 e. The molecule has 6 rings (SSSR count). The normalized spacial score (nSPS) is 36.7. The van der Waals surface area contributed by atoms with E-state index in [-0.39, 0.29) is 42.8 Å². The van der Waals surface area contributed by atoms with E-state index in [9.17, 15) is 18.7 Å². The van der Waals surface area contributed by atoms with Crippen LogP contribution in [0, 0.1) is 23.2 Å². The van der Waals surface area contributed by atoms with Gasteiger partial charge in [-0.05, 0) is 78.5 Å². The largest absolute Gasteiger partial charge is 0.369 e. The van der Waals surface area contributed by atoms with Crippen LogP contribution in [0.4, 0.5) is 5.69 Å². The molecule has 4 aliphatic carbocycles. The lowest BCUT2D eigenvalue weighted by Gasteiger charge is -2.59. The summed E-state index contributed by atoms with van der Waals surface area (Å²) >= 11 is 0. The van der Waals surface area contributed by atoms with Gasteiger partial charge >= 0.3 is 0 Å². The van der Waals surface area contributed by atoms with Crippen molar-refractivity contribution in [2.24, 2.45) is 28.9 Å². The van der Waals surface area contributed by atoms with Gasteiger partial charge in [-0.2, -0.15) is 4.31 Å². The van der Waals surface area contributed by atoms with Crippen molar-refractivity contribution in [2.75, 3.05) is 23.9 Å². The zero-order valence-corrected chi connectivity index (χ0v) is 19.0. The minimum absolute atomic E-state index is 0.0199. The molecule has 2 unspecified atom stereocenters. The lowest BCUT2D eigenvalue weighted by Crippen LogP contribution is -2.62. The highest BCUT2D eigenvalue weighted by Crippen LogP contribution is 2.60. The molecule has 2 atom stereocenters. The SMILES string of the molecule is C=C1CN(CC(=O)NC2C3CC4CC2CC(C(N)=O)(C4)C3)S(O)(O)N(c2ccccc2)C1. The molecule has 4 saturated carbocycles. The molecule has 1 aliphatic heterocycles. The summed E-state index contributed by atoms with van der Waals surface area (Å²) in [5.41, 5.74) is 6.86. The van der Waals surface area contributed by atoms with Crippen LogP contribution >= 0.6 is 11.0 Å². The first-order chi connectivity index (χ1) is 15.2. The second kappa shape index (κ2) is 7.76. The highest BCUT2D eigenvalue weighted by molar-refractivity contribution is 8.23. The Morgan fingerprint density at radius 2 is 1.78 bits per heavy atom. The molecule has 1 heterocycles. The molecule has 8 nitrogen and oxygen atoms in total. The number of amides is 2. The molecule has 1 aromatic carbocycles. The smallest absolute Gasteiger partial charge is 0.236 e. The molecule has 1 saturated heterocycles. The van der Waals surface area contributed by atoms with E-state index in [1.807, 2.05) is 30.3 Å². The van der Waals surface area contributed by atoms with E-state index in [2.05, 4.69) is 11.9 Å². The number of rotatable bonds is 5. The van der Waals surface area contributed by atoms with Crippen LogP contribution in [0.25, 0.3) is 0 Å². The van der Waals surface area contributed by atoms with Gasteiger partial charge < -0.3 is 11.1 Å². The first-order valence-electron chi connectivity index (χ1n) is 11.3. The molecule has 0 spiro atoms. The van der Waals surface area contributed by atoms with Crippen LogP contribution < -0.4 is 15.4 Å². The van der Waals surface area contributed by atoms with E-state index < -0.39 is 16.4 Å². The van der Waals surface area contributed by atoms with Crippen molar-refractivity contribution >= 4 is 28.5 Å². The van der Waals surface area contributed by atoms with Gasteiger partial charge in [0, 0.05) is 18.0 Å². The molecule has 174 valence electrons. The molecular weight excluding hydrogens is 428 g/mol. The van der Waals surface area contributed by atoms with Crippen molar-refractivity contribution in [3.63, 3.8) is 0 Å². The van der Waals surface area contributed by atoms with Crippen molar-refractivity contribution in [2.45, 2.75) is 38.1 Å². The number of carbonyl (C=O) groups excluding carboxylic acids is 2. The molecule has 4 bridgehead atoms. The molecule has 1 aromatic rings. The van der Waals surface area contributed by atoms with Crippen LogP contribution in [0.2, 0.25) is 0 Å². The predicted molar refractivity (Wildman–Crippen MR) is 124 cm³/mol. The quantitative estimate of drug-likeness (QED) is 0.502. The molecule has 9 heteroatoms. The van der Waals surface area contributed by atoms with Crippen LogP contribution in [-0.4, -0.2) is 50.9 Å². The monoisotopic (exact) mass is 460 g/mol. The topological polar surface area (TPSA) is 119 Å². The minimum atomic E-state index is -3.34. The van der Waals surface area contributed by atoms with Crippen LogP contribution in [0.3, 0.4) is 0 Å². The van der Waals surface area contributed by atoms with E-state index in [0.717, 1.165) is 37.7 Å². The number of nitrogens with two attached hydrogens (primary N) is 1. The maximum absolute atomic E-state index is 13.1. The van der Waals surface area contributed by atoms with E-state index in [4.69, 9.17) is 5.73 Å². The Balaban J connectivity index is 1.28. The number of carbonyl (C=O) groups is 2. The second-order valence-electron chi connectivity index (χ2n) is 10.1. The van der Waals surface area contributed by atoms with Gasteiger partial charge in [-0.1, -0.05) is 24.8 Å². The van der Waals surface area contributed by atoms with Crippen molar-refractivity contribution in [1.29, 1.82) is 0 Å². The number of benzene rings is 1. The average Bonchev–Trinajstić information content (AvgIpc) is 2.73. The fourth-order valence-corrected chi connectivity index (χ4v) is 8.42. The van der Waals surface area contributed by atoms with E-state index in [1.54, 1.807) is 0 Å². The molecule has 5 N–H and O–H groups in total. The number of hydrogen-bond donors (Lipinski definition) is 4. The highest BCUT2D eigenvalue weighted by Gasteiger charge is 2.58. The maximum Gasteiger partial charge on any atom is 0.236 e. The van der Waals surface area contributed by atoms with Crippen molar-refractivity contribution in [1.82, 2.24) is 9.62 Å². The van der Waals surface area contributed by atoms with Crippen LogP contribution in [-0.2, 0) is 9.59 Å². The Bertz CT molecular complexity index is 923. The lowest BCUT2D eigenvalue weighted by molar-refractivity contribution is -0.147.